The molecular formula is C28H22F6N4O5S. The lowest BCUT2D eigenvalue weighted by Crippen LogP contribution is -2.21. The fourth-order valence-electron chi connectivity index (χ4n) is 4.26. The Morgan fingerprint density at radius 3 is 2.34 bits per heavy atom. The van der Waals surface area contributed by atoms with E-state index >= 15 is 0 Å². The molecule has 1 aliphatic heterocycles. The average Bonchev–Trinajstić information content (AvgIpc) is 2.96. The molecule has 2 aromatic carbocycles. The normalized spacial score (nSPS) is 13.5. The number of carbonyl (C=O) groups is 1. The molecule has 9 nitrogen and oxygen atoms in total. The third-order valence-corrected chi connectivity index (χ3v) is 7.65. The van der Waals surface area contributed by atoms with Crippen molar-refractivity contribution >= 4 is 38.2 Å². The number of hydrogen-bond donors (Lipinski definition) is 3. The number of hydrogen-bond acceptors (Lipinski definition) is 7. The molecule has 1 aliphatic rings. The zero-order valence-electron chi connectivity index (χ0n) is 22.5. The molecule has 0 radical (unpaired) electrons. The van der Waals surface area contributed by atoms with Crippen LogP contribution in [0.3, 0.4) is 0 Å². The zero-order valence-corrected chi connectivity index (χ0v) is 23.4. The van der Waals surface area contributed by atoms with Crippen LogP contribution in [0.5, 0.6) is 5.88 Å². The Kier molecular flexibility index (Phi) is 9.44. The van der Waals surface area contributed by atoms with Crippen LogP contribution in [0.1, 0.15) is 12.0 Å². The highest BCUT2D eigenvalue weighted by atomic mass is 32.2. The van der Waals surface area contributed by atoms with E-state index in [9.17, 15) is 34.8 Å². The quantitative estimate of drug-likeness (QED) is 0.235. The number of ether oxygens (including phenoxy) is 1. The summed E-state index contributed by atoms with van der Waals surface area (Å²) >= 11 is 0. The minimum atomic E-state index is -5.08. The van der Waals surface area contributed by atoms with Crippen LogP contribution in [0.4, 0.5) is 32.0 Å². The molecule has 0 bridgehead atoms. The van der Waals surface area contributed by atoms with Gasteiger partial charge in [-0.25, -0.2) is 31.4 Å². The molecule has 0 unspecified atom stereocenters. The SMILES string of the molecule is COc1ncc(-c2ccc3ncc(F)c(C4=CCNCC4)c3c2)cc1NS(=O)(=O)c1ccc(F)cc1F.O=C(O)C(F)(F)F. The van der Waals surface area contributed by atoms with Crippen molar-refractivity contribution in [1.29, 1.82) is 0 Å². The summed E-state index contributed by atoms with van der Waals surface area (Å²) in [5, 5.41) is 10.9. The van der Waals surface area contributed by atoms with Gasteiger partial charge in [-0.2, -0.15) is 13.2 Å². The number of aromatic nitrogens is 2. The number of carboxylic acid groups (broad SMARTS) is 1. The molecule has 3 N–H and O–H groups in total. The van der Waals surface area contributed by atoms with Crippen LogP contribution in [-0.4, -0.2) is 55.8 Å². The van der Waals surface area contributed by atoms with Crippen LogP contribution in [-0.2, 0) is 14.8 Å². The van der Waals surface area contributed by atoms with Crippen molar-refractivity contribution in [2.24, 2.45) is 0 Å². The van der Waals surface area contributed by atoms with E-state index in [1.165, 1.54) is 25.6 Å². The van der Waals surface area contributed by atoms with Crippen molar-refractivity contribution in [2.45, 2.75) is 17.5 Å². The van der Waals surface area contributed by atoms with Gasteiger partial charge in [-0.1, -0.05) is 12.1 Å². The van der Waals surface area contributed by atoms with E-state index in [-0.39, 0.29) is 11.6 Å². The fraction of sp³-hybridized carbons (Fsp3) is 0.179. The summed E-state index contributed by atoms with van der Waals surface area (Å²) in [5.41, 5.74) is 3.02. The number of anilines is 1. The molecule has 16 heteroatoms. The monoisotopic (exact) mass is 640 g/mol. The Labute approximate surface area is 246 Å². The molecule has 0 saturated carbocycles. The molecule has 0 aliphatic carbocycles. The fourth-order valence-corrected chi connectivity index (χ4v) is 5.37. The van der Waals surface area contributed by atoms with Gasteiger partial charge in [-0.3, -0.25) is 9.71 Å². The molecule has 0 amide bonds. The first-order chi connectivity index (χ1) is 20.7. The topological polar surface area (TPSA) is 131 Å². The molecule has 0 fully saturated rings. The minimum Gasteiger partial charge on any atom is -0.480 e. The maximum Gasteiger partial charge on any atom is 0.490 e. The number of nitrogens with one attached hydrogen (secondary N) is 2. The molecule has 232 valence electrons. The summed E-state index contributed by atoms with van der Waals surface area (Å²) in [4.78, 5) is 16.6. The number of halogens is 6. The van der Waals surface area contributed by atoms with E-state index in [4.69, 9.17) is 14.6 Å². The second kappa shape index (κ2) is 12.9. The van der Waals surface area contributed by atoms with Gasteiger partial charge in [0.25, 0.3) is 10.0 Å². The Hall–Kier alpha value is -4.70. The average molecular weight is 641 g/mol. The number of aliphatic carboxylic acids is 1. The van der Waals surface area contributed by atoms with E-state index in [1.807, 2.05) is 6.08 Å². The van der Waals surface area contributed by atoms with Crippen LogP contribution >= 0.6 is 0 Å². The van der Waals surface area contributed by atoms with Crippen LogP contribution in [0, 0.1) is 17.5 Å². The summed E-state index contributed by atoms with van der Waals surface area (Å²) in [6.07, 6.45) is 0.212. The highest BCUT2D eigenvalue weighted by Gasteiger charge is 2.38. The van der Waals surface area contributed by atoms with Crippen molar-refractivity contribution in [3.8, 4) is 17.0 Å². The lowest BCUT2D eigenvalue weighted by molar-refractivity contribution is -0.192. The van der Waals surface area contributed by atoms with Gasteiger partial charge in [0, 0.05) is 35.3 Å². The molecule has 0 atom stereocenters. The molecule has 5 rings (SSSR count). The maximum absolute atomic E-state index is 14.9. The molecule has 0 saturated heterocycles. The second-order valence-electron chi connectivity index (χ2n) is 9.16. The number of benzene rings is 2. The molecule has 44 heavy (non-hydrogen) atoms. The Morgan fingerprint density at radius 2 is 1.73 bits per heavy atom. The number of methoxy groups -OCH3 is 1. The predicted molar refractivity (Wildman–Crippen MR) is 148 cm³/mol. The van der Waals surface area contributed by atoms with Crippen LogP contribution in [0.15, 0.2) is 65.8 Å². The Balaban J connectivity index is 0.000000566. The van der Waals surface area contributed by atoms with Crippen LogP contribution < -0.4 is 14.8 Å². The lowest BCUT2D eigenvalue weighted by Gasteiger charge is -2.17. The molecule has 0 spiro atoms. The van der Waals surface area contributed by atoms with Gasteiger partial charge in [0.2, 0.25) is 5.88 Å². The summed E-state index contributed by atoms with van der Waals surface area (Å²) in [6.45, 7) is 1.37. The van der Waals surface area contributed by atoms with E-state index in [1.54, 1.807) is 18.2 Å². The number of carboxylic acids is 1. The van der Waals surface area contributed by atoms with Gasteiger partial charge in [0.15, 0.2) is 0 Å². The number of pyridine rings is 2. The van der Waals surface area contributed by atoms with Crippen molar-refractivity contribution < 1.29 is 49.4 Å². The predicted octanol–water partition coefficient (Wildman–Crippen LogP) is 5.53. The minimum absolute atomic E-state index is 0.0519. The van der Waals surface area contributed by atoms with Gasteiger partial charge < -0.3 is 15.2 Å². The third-order valence-electron chi connectivity index (χ3n) is 6.25. The Morgan fingerprint density at radius 1 is 1.00 bits per heavy atom. The standard InChI is InChI=1S/C26H21F3N4O3S.C2HF3O2/c1-36-26-23(33-37(34,35)24-5-3-18(27)12-20(24)28)11-17(13-32-26)16-2-4-22-19(10-16)25(21(29)14-31-22)15-6-8-30-9-7-15;3-2(4,5)1(6)7/h2-6,10-14,30,33H,7-9H2,1H3;(H,6,7). The van der Waals surface area contributed by atoms with Crippen molar-refractivity contribution in [3.05, 3.63) is 83.9 Å². The van der Waals surface area contributed by atoms with Gasteiger partial charge in [-0.15, -0.1) is 0 Å². The van der Waals surface area contributed by atoms with Crippen molar-refractivity contribution in [2.75, 3.05) is 24.9 Å². The molecule has 4 aromatic rings. The van der Waals surface area contributed by atoms with Gasteiger partial charge in [0.1, 0.15) is 28.0 Å². The van der Waals surface area contributed by atoms with Gasteiger partial charge in [0.05, 0.1) is 18.8 Å². The number of fused-ring (bicyclic) bond motifs is 1. The molecule has 2 aromatic heterocycles. The third kappa shape index (κ3) is 7.26. The van der Waals surface area contributed by atoms with Gasteiger partial charge in [-0.05, 0) is 54.4 Å². The first-order valence-corrected chi connectivity index (χ1v) is 14.0. The summed E-state index contributed by atoms with van der Waals surface area (Å²) in [5.74, 6) is -5.38. The smallest absolute Gasteiger partial charge is 0.480 e. The molecule has 3 heterocycles. The number of sulfonamides is 1. The van der Waals surface area contributed by atoms with E-state index in [0.29, 0.717) is 46.6 Å². The van der Waals surface area contributed by atoms with Crippen molar-refractivity contribution in [1.82, 2.24) is 15.3 Å². The highest BCUT2D eigenvalue weighted by molar-refractivity contribution is 7.92. The van der Waals surface area contributed by atoms with Crippen LogP contribution in [0.2, 0.25) is 0 Å². The summed E-state index contributed by atoms with van der Waals surface area (Å²) in [7, 11) is -3.13. The number of rotatable bonds is 6. The largest absolute Gasteiger partial charge is 0.490 e. The number of alkyl halides is 3. The van der Waals surface area contributed by atoms with Crippen molar-refractivity contribution in [3.63, 3.8) is 0 Å². The zero-order chi connectivity index (χ0) is 32.2. The summed E-state index contributed by atoms with van der Waals surface area (Å²) in [6, 6.07) is 8.91. The molecular weight excluding hydrogens is 618 g/mol. The van der Waals surface area contributed by atoms with E-state index < -0.39 is 44.5 Å². The van der Waals surface area contributed by atoms with E-state index in [0.717, 1.165) is 24.3 Å². The second-order valence-corrected chi connectivity index (χ2v) is 10.8. The first kappa shape index (κ1) is 32.2. The maximum atomic E-state index is 14.9. The van der Waals surface area contributed by atoms with Crippen LogP contribution in [0.25, 0.3) is 27.6 Å². The lowest BCUT2D eigenvalue weighted by atomic mass is 9.94. The Bertz CT molecular complexity index is 1870. The first-order valence-electron chi connectivity index (χ1n) is 12.5. The van der Waals surface area contributed by atoms with Gasteiger partial charge >= 0.3 is 12.1 Å². The highest BCUT2D eigenvalue weighted by Crippen LogP contribution is 2.35. The number of nitrogens with zero attached hydrogens (tertiary/aromatic N) is 2. The van der Waals surface area contributed by atoms with E-state index in [2.05, 4.69) is 20.0 Å². The summed E-state index contributed by atoms with van der Waals surface area (Å²) < 4.78 is 107.